The zero-order valence-electron chi connectivity index (χ0n) is 12.7. The molecule has 0 fully saturated rings. The van der Waals surface area contributed by atoms with Crippen molar-refractivity contribution in [3.8, 4) is 5.75 Å². The topological polar surface area (TPSA) is 47.9 Å². The van der Waals surface area contributed by atoms with Crippen LogP contribution < -0.4 is 4.74 Å². The fraction of sp³-hybridized carbons (Fsp3) is 0.0526. The van der Waals surface area contributed by atoms with Gasteiger partial charge in [0.2, 0.25) is 5.90 Å². The number of esters is 1. The van der Waals surface area contributed by atoms with Crippen LogP contribution in [0.4, 0.5) is 0 Å². The Balaban J connectivity index is 1.82. The summed E-state index contributed by atoms with van der Waals surface area (Å²) in [6, 6.07) is 14.8. The summed E-state index contributed by atoms with van der Waals surface area (Å²) in [5.74, 6) is 0.583. The van der Waals surface area contributed by atoms with Gasteiger partial charge in [-0.05, 0) is 42.0 Å². The van der Waals surface area contributed by atoms with Crippen LogP contribution in [0.2, 0.25) is 0 Å². The number of carbonyl (C=O) groups is 1. The van der Waals surface area contributed by atoms with Crippen molar-refractivity contribution in [1.29, 1.82) is 0 Å². The number of hydrogen-bond donors (Lipinski definition) is 0. The standard InChI is InChI=1S/C19H14BrNO3/c1-2-10-23-16-8-6-13(7-9-16)11-17-19(22)24-18(21-17)14-4-3-5-15(20)12-14/h2-9,11-12H,1,10H2/b17-11-. The van der Waals surface area contributed by atoms with Gasteiger partial charge in [-0.15, -0.1) is 0 Å². The Morgan fingerprint density at radius 3 is 2.71 bits per heavy atom. The Bertz CT molecular complexity index is 838. The first-order valence-corrected chi connectivity index (χ1v) is 8.07. The van der Waals surface area contributed by atoms with Crippen LogP contribution in [-0.2, 0) is 9.53 Å². The highest BCUT2D eigenvalue weighted by Gasteiger charge is 2.24. The van der Waals surface area contributed by atoms with Gasteiger partial charge in [0.15, 0.2) is 5.70 Å². The highest BCUT2D eigenvalue weighted by molar-refractivity contribution is 9.10. The van der Waals surface area contributed by atoms with Crippen molar-refractivity contribution in [2.75, 3.05) is 6.61 Å². The highest BCUT2D eigenvalue weighted by Crippen LogP contribution is 2.22. The molecule has 0 unspecified atom stereocenters. The van der Waals surface area contributed by atoms with Gasteiger partial charge in [-0.3, -0.25) is 0 Å². The molecule has 3 rings (SSSR count). The molecule has 0 spiro atoms. The second-order valence-electron chi connectivity index (χ2n) is 5.02. The molecule has 0 radical (unpaired) electrons. The Morgan fingerprint density at radius 1 is 1.21 bits per heavy atom. The minimum Gasteiger partial charge on any atom is -0.490 e. The number of hydrogen-bond acceptors (Lipinski definition) is 4. The van der Waals surface area contributed by atoms with Crippen LogP contribution in [0, 0.1) is 0 Å². The van der Waals surface area contributed by atoms with E-state index in [1.165, 1.54) is 0 Å². The zero-order valence-corrected chi connectivity index (χ0v) is 14.3. The Kier molecular flexibility index (Phi) is 4.91. The molecule has 0 N–H and O–H groups in total. The van der Waals surface area contributed by atoms with E-state index in [2.05, 4.69) is 27.5 Å². The van der Waals surface area contributed by atoms with E-state index in [9.17, 15) is 4.79 Å². The van der Waals surface area contributed by atoms with Gasteiger partial charge in [0.05, 0.1) is 0 Å². The number of halogens is 1. The van der Waals surface area contributed by atoms with Crippen LogP contribution in [0.25, 0.3) is 6.08 Å². The van der Waals surface area contributed by atoms with E-state index in [4.69, 9.17) is 9.47 Å². The molecule has 0 saturated heterocycles. The average Bonchev–Trinajstić information content (AvgIpc) is 2.95. The highest BCUT2D eigenvalue weighted by atomic mass is 79.9. The van der Waals surface area contributed by atoms with Gasteiger partial charge >= 0.3 is 5.97 Å². The third-order valence-corrected chi connectivity index (χ3v) is 3.74. The lowest BCUT2D eigenvalue weighted by Crippen LogP contribution is -2.05. The van der Waals surface area contributed by atoms with Gasteiger partial charge in [-0.1, -0.05) is 46.8 Å². The summed E-state index contributed by atoms with van der Waals surface area (Å²) in [6.07, 6.45) is 3.37. The van der Waals surface area contributed by atoms with Crippen molar-refractivity contribution in [3.05, 3.63) is 82.5 Å². The monoisotopic (exact) mass is 383 g/mol. The average molecular weight is 384 g/mol. The molecule has 0 atom stereocenters. The molecule has 120 valence electrons. The first kappa shape index (κ1) is 16.2. The van der Waals surface area contributed by atoms with Crippen molar-refractivity contribution in [2.45, 2.75) is 0 Å². The first-order chi connectivity index (χ1) is 11.7. The molecule has 0 saturated carbocycles. The van der Waals surface area contributed by atoms with Gasteiger partial charge in [-0.2, -0.15) is 0 Å². The maximum atomic E-state index is 12.0. The van der Waals surface area contributed by atoms with Crippen molar-refractivity contribution in [3.63, 3.8) is 0 Å². The van der Waals surface area contributed by atoms with Crippen molar-refractivity contribution in [1.82, 2.24) is 0 Å². The summed E-state index contributed by atoms with van der Waals surface area (Å²) >= 11 is 3.39. The summed E-state index contributed by atoms with van der Waals surface area (Å²) in [7, 11) is 0. The quantitative estimate of drug-likeness (QED) is 0.437. The molecule has 2 aromatic carbocycles. The lowest BCUT2D eigenvalue weighted by Gasteiger charge is -2.02. The van der Waals surface area contributed by atoms with Crippen LogP contribution in [0.3, 0.4) is 0 Å². The van der Waals surface area contributed by atoms with Gasteiger partial charge in [0.25, 0.3) is 0 Å². The molecule has 2 aromatic rings. The van der Waals surface area contributed by atoms with Crippen molar-refractivity contribution in [2.24, 2.45) is 4.99 Å². The molecule has 5 heteroatoms. The molecule has 0 amide bonds. The molecule has 1 aliphatic rings. The van der Waals surface area contributed by atoms with Crippen LogP contribution >= 0.6 is 15.9 Å². The van der Waals surface area contributed by atoms with Crippen LogP contribution in [-0.4, -0.2) is 18.5 Å². The molecule has 0 aliphatic carbocycles. The fourth-order valence-electron chi connectivity index (χ4n) is 2.13. The second kappa shape index (κ2) is 7.27. The van der Waals surface area contributed by atoms with Gasteiger partial charge in [0, 0.05) is 10.0 Å². The minimum absolute atomic E-state index is 0.268. The number of rotatable bonds is 5. The van der Waals surface area contributed by atoms with Gasteiger partial charge in [-0.25, -0.2) is 9.79 Å². The maximum Gasteiger partial charge on any atom is 0.363 e. The number of ether oxygens (including phenoxy) is 2. The predicted molar refractivity (Wildman–Crippen MR) is 96.9 cm³/mol. The van der Waals surface area contributed by atoms with E-state index >= 15 is 0 Å². The molecule has 4 nitrogen and oxygen atoms in total. The summed E-state index contributed by atoms with van der Waals surface area (Å²) in [6.45, 7) is 4.06. The van der Waals surface area contributed by atoms with Gasteiger partial charge < -0.3 is 9.47 Å². The maximum absolute atomic E-state index is 12.0. The van der Waals surface area contributed by atoms with E-state index in [1.807, 2.05) is 48.5 Å². The van der Waals surface area contributed by atoms with Crippen LogP contribution in [0.5, 0.6) is 5.75 Å². The first-order valence-electron chi connectivity index (χ1n) is 7.28. The van der Waals surface area contributed by atoms with Crippen molar-refractivity contribution >= 4 is 33.9 Å². The summed E-state index contributed by atoms with van der Waals surface area (Å²) in [5, 5.41) is 0. The predicted octanol–water partition coefficient (Wildman–Crippen LogP) is 4.36. The third-order valence-electron chi connectivity index (χ3n) is 3.24. The number of aliphatic imine (C=N–C) groups is 1. The summed E-state index contributed by atoms with van der Waals surface area (Å²) in [5.41, 5.74) is 1.85. The molecular formula is C19H14BrNO3. The second-order valence-corrected chi connectivity index (χ2v) is 5.93. The summed E-state index contributed by atoms with van der Waals surface area (Å²) < 4.78 is 11.6. The molecule has 0 aromatic heterocycles. The zero-order chi connectivity index (χ0) is 16.9. The van der Waals surface area contributed by atoms with E-state index in [1.54, 1.807) is 12.2 Å². The number of carbonyl (C=O) groups excluding carboxylic acids is 1. The van der Waals surface area contributed by atoms with E-state index in [0.29, 0.717) is 12.5 Å². The Hall–Kier alpha value is -2.66. The van der Waals surface area contributed by atoms with Crippen molar-refractivity contribution < 1.29 is 14.3 Å². The number of cyclic esters (lactones) is 1. The smallest absolute Gasteiger partial charge is 0.363 e. The fourth-order valence-corrected chi connectivity index (χ4v) is 2.53. The lowest BCUT2D eigenvalue weighted by molar-refractivity contribution is -0.129. The SMILES string of the molecule is C=CCOc1ccc(/C=C2\N=C(c3cccc(Br)c3)OC2=O)cc1. The molecule has 1 aliphatic heterocycles. The van der Waals surface area contributed by atoms with E-state index in [-0.39, 0.29) is 5.70 Å². The number of benzene rings is 2. The molecule has 0 bridgehead atoms. The molecule has 24 heavy (non-hydrogen) atoms. The number of nitrogens with zero attached hydrogens (tertiary/aromatic N) is 1. The third kappa shape index (κ3) is 3.81. The van der Waals surface area contributed by atoms with Crippen LogP contribution in [0.15, 0.2) is 76.3 Å². The molecular weight excluding hydrogens is 370 g/mol. The van der Waals surface area contributed by atoms with E-state index in [0.717, 1.165) is 21.3 Å². The minimum atomic E-state index is -0.461. The van der Waals surface area contributed by atoms with E-state index < -0.39 is 5.97 Å². The van der Waals surface area contributed by atoms with Gasteiger partial charge in [0.1, 0.15) is 12.4 Å². The Labute approximate surface area is 148 Å². The Morgan fingerprint density at radius 2 is 2.00 bits per heavy atom. The molecule has 1 heterocycles. The van der Waals surface area contributed by atoms with Crippen LogP contribution in [0.1, 0.15) is 11.1 Å². The lowest BCUT2D eigenvalue weighted by atomic mass is 10.2. The normalized spacial score (nSPS) is 15.1. The summed E-state index contributed by atoms with van der Waals surface area (Å²) in [4.78, 5) is 16.3. The largest absolute Gasteiger partial charge is 0.490 e.